The van der Waals surface area contributed by atoms with Crippen molar-refractivity contribution in [3.63, 3.8) is 0 Å². The van der Waals surface area contributed by atoms with E-state index in [0.29, 0.717) is 10.0 Å². The topological polar surface area (TPSA) is 15.3 Å². The van der Waals surface area contributed by atoms with Gasteiger partial charge in [0, 0.05) is 5.54 Å². The number of halogens is 2. The number of likely N-dealkylation sites (N-methyl/N-ethyl adjacent to an activating group) is 1. The van der Waals surface area contributed by atoms with Crippen LogP contribution in [0.4, 0.5) is 0 Å². The highest BCUT2D eigenvalue weighted by Gasteiger charge is 2.39. The number of benzene rings is 1. The zero-order chi connectivity index (χ0) is 15.5. The molecule has 0 saturated carbocycles. The number of hydrogen-bond acceptors (Lipinski definition) is 2. The fourth-order valence-corrected chi connectivity index (χ4v) is 3.98. The van der Waals surface area contributed by atoms with Crippen LogP contribution in [0.3, 0.4) is 0 Å². The Hall–Kier alpha value is -0.280. The Balaban J connectivity index is 2.38. The maximum absolute atomic E-state index is 6.48. The van der Waals surface area contributed by atoms with E-state index in [0.717, 1.165) is 12.0 Å². The van der Waals surface area contributed by atoms with Crippen molar-refractivity contribution < 1.29 is 0 Å². The summed E-state index contributed by atoms with van der Waals surface area (Å²) in [5.41, 5.74) is 1.14. The molecule has 0 radical (unpaired) electrons. The van der Waals surface area contributed by atoms with Gasteiger partial charge in [0.25, 0.3) is 0 Å². The maximum atomic E-state index is 6.48. The molecule has 0 bridgehead atoms. The minimum absolute atomic E-state index is 0.0451. The average molecular weight is 329 g/mol. The van der Waals surface area contributed by atoms with Gasteiger partial charge in [0.05, 0.1) is 16.1 Å². The fourth-order valence-electron chi connectivity index (χ4n) is 3.56. The summed E-state index contributed by atoms with van der Waals surface area (Å²) in [6.45, 7) is 6.94. The highest BCUT2D eigenvalue weighted by atomic mass is 35.5. The van der Waals surface area contributed by atoms with E-state index < -0.39 is 0 Å². The molecule has 1 fully saturated rings. The molecule has 0 aliphatic carbocycles. The van der Waals surface area contributed by atoms with Crippen molar-refractivity contribution in [2.24, 2.45) is 0 Å². The van der Waals surface area contributed by atoms with E-state index in [1.165, 1.54) is 32.4 Å². The van der Waals surface area contributed by atoms with Gasteiger partial charge < -0.3 is 5.32 Å². The summed E-state index contributed by atoms with van der Waals surface area (Å²) in [5, 5.41) is 4.80. The van der Waals surface area contributed by atoms with E-state index in [4.69, 9.17) is 23.2 Å². The molecule has 0 spiro atoms. The van der Waals surface area contributed by atoms with Gasteiger partial charge in [-0.3, -0.25) is 4.90 Å². The Kier molecular flexibility index (Phi) is 5.96. The van der Waals surface area contributed by atoms with Crippen LogP contribution < -0.4 is 5.32 Å². The zero-order valence-electron chi connectivity index (χ0n) is 13.3. The third-order valence-corrected chi connectivity index (χ3v) is 5.83. The predicted octanol–water partition coefficient (Wildman–Crippen LogP) is 4.91. The van der Waals surface area contributed by atoms with Crippen LogP contribution in [0.25, 0.3) is 0 Å². The lowest BCUT2D eigenvalue weighted by molar-refractivity contribution is 0.0448. The second-order valence-corrected chi connectivity index (χ2v) is 6.91. The molecule has 2 nitrogen and oxygen atoms in total. The molecule has 4 heteroatoms. The van der Waals surface area contributed by atoms with Gasteiger partial charge in [-0.05, 0) is 58.0 Å². The van der Waals surface area contributed by atoms with Crippen molar-refractivity contribution in [3.05, 3.63) is 33.8 Å². The Morgan fingerprint density at radius 1 is 1.24 bits per heavy atom. The van der Waals surface area contributed by atoms with E-state index in [9.17, 15) is 0 Å². The normalized spacial score (nSPS) is 21.0. The van der Waals surface area contributed by atoms with Crippen LogP contribution in [0.5, 0.6) is 0 Å². The molecule has 1 aliphatic heterocycles. The van der Waals surface area contributed by atoms with Crippen molar-refractivity contribution in [2.45, 2.75) is 51.1 Å². The standard InChI is InChI=1S/C17H26Cl2N2/c1-4-17(2,21-11-6-5-7-12-21)16(20-3)13-9-8-10-14(18)15(13)19/h8-10,16,20H,4-7,11-12H2,1-3H3. The number of likely N-dealkylation sites (tertiary alicyclic amines) is 1. The van der Waals surface area contributed by atoms with E-state index in [2.05, 4.69) is 30.1 Å². The minimum Gasteiger partial charge on any atom is -0.311 e. The first kappa shape index (κ1) is 17.1. The lowest BCUT2D eigenvalue weighted by Gasteiger charge is -2.48. The van der Waals surface area contributed by atoms with Gasteiger partial charge >= 0.3 is 0 Å². The molecule has 1 aromatic rings. The van der Waals surface area contributed by atoms with Crippen molar-refractivity contribution in [2.75, 3.05) is 20.1 Å². The van der Waals surface area contributed by atoms with Crippen molar-refractivity contribution in [3.8, 4) is 0 Å². The lowest BCUT2D eigenvalue weighted by atomic mass is 9.81. The first-order valence-electron chi connectivity index (χ1n) is 7.90. The predicted molar refractivity (Wildman–Crippen MR) is 92.4 cm³/mol. The first-order chi connectivity index (χ1) is 10.0. The number of piperidine rings is 1. The second-order valence-electron chi connectivity index (χ2n) is 6.12. The number of rotatable bonds is 5. The monoisotopic (exact) mass is 328 g/mol. The van der Waals surface area contributed by atoms with Gasteiger partial charge in [-0.25, -0.2) is 0 Å². The molecule has 1 saturated heterocycles. The number of nitrogens with zero attached hydrogens (tertiary/aromatic N) is 1. The van der Waals surface area contributed by atoms with E-state index in [1.54, 1.807) is 0 Å². The molecule has 118 valence electrons. The summed E-state index contributed by atoms with van der Waals surface area (Å²) in [6.07, 6.45) is 4.99. The van der Waals surface area contributed by atoms with Crippen molar-refractivity contribution >= 4 is 23.2 Å². The number of nitrogens with one attached hydrogen (secondary N) is 1. The molecule has 1 aromatic carbocycles. The lowest BCUT2D eigenvalue weighted by Crippen LogP contribution is -2.55. The van der Waals surface area contributed by atoms with Gasteiger partial charge in [-0.1, -0.05) is 48.7 Å². The second kappa shape index (κ2) is 7.32. The molecular weight excluding hydrogens is 303 g/mol. The first-order valence-corrected chi connectivity index (χ1v) is 8.66. The van der Waals surface area contributed by atoms with Gasteiger partial charge in [0.15, 0.2) is 0 Å². The molecule has 2 unspecified atom stereocenters. The Labute approximate surface area is 138 Å². The highest BCUT2D eigenvalue weighted by molar-refractivity contribution is 6.42. The number of hydrogen-bond donors (Lipinski definition) is 1. The molecule has 2 atom stereocenters. The summed E-state index contributed by atoms with van der Waals surface area (Å²) >= 11 is 12.7. The smallest absolute Gasteiger partial charge is 0.0640 e. The summed E-state index contributed by atoms with van der Waals surface area (Å²) in [5.74, 6) is 0. The van der Waals surface area contributed by atoms with Crippen molar-refractivity contribution in [1.82, 2.24) is 10.2 Å². The molecule has 0 aromatic heterocycles. The van der Waals surface area contributed by atoms with Crippen LogP contribution in [0, 0.1) is 0 Å². The van der Waals surface area contributed by atoms with Crippen LogP contribution in [0.2, 0.25) is 10.0 Å². The SMILES string of the molecule is CCC(C)(C(NC)c1cccc(Cl)c1Cl)N1CCCCC1. The van der Waals surface area contributed by atoms with E-state index >= 15 is 0 Å². The van der Waals surface area contributed by atoms with Gasteiger partial charge in [-0.2, -0.15) is 0 Å². The Morgan fingerprint density at radius 2 is 1.90 bits per heavy atom. The molecule has 0 amide bonds. The van der Waals surface area contributed by atoms with Gasteiger partial charge in [0.1, 0.15) is 0 Å². The zero-order valence-corrected chi connectivity index (χ0v) is 14.8. The van der Waals surface area contributed by atoms with E-state index in [1.807, 2.05) is 19.2 Å². The van der Waals surface area contributed by atoms with Gasteiger partial charge in [0.2, 0.25) is 0 Å². The van der Waals surface area contributed by atoms with Crippen LogP contribution in [-0.4, -0.2) is 30.6 Å². The Morgan fingerprint density at radius 3 is 2.48 bits per heavy atom. The minimum atomic E-state index is 0.0451. The molecule has 2 rings (SSSR count). The van der Waals surface area contributed by atoms with Crippen LogP contribution in [0.15, 0.2) is 18.2 Å². The quantitative estimate of drug-likeness (QED) is 0.826. The summed E-state index contributed by atoms with van der Waals surface area (Å²) in [4.78, 5) is 2.62. The summed E-state index contributed by atoms with van der Waals surface area (Å²) in [6, 6.07) is 6.10. The van der Waals surface area contributed by atoms with Crippen LogP contribution in [-0.2, 0) is 0 Å². The van der Waals surface area contributed by atoms with Crippen LogP contribution in [0.1, 0.15) is 51.1 Å². The molecule has 1 aliphatic rings. The molecule has 1 heterocycles. The summed E-state index contributed by atoms with van der Waals surface area (Å²) in [7, 11) is 2.01. The molecule has 21 heavy (non-hydrogen) atoms. The van der Waals surface area contributed by atoms with Crippen molar-refractivity contribution in [1.29, 1.82) is 0 Å². The molecular formula is C17H26Cl2N2. The summed E-state index contributed by atoms with van der Waals surface area (Å²) < 4.78 is 0. The van der Waals surface area contributed by atoms with E-state index in [-0.39, 0.29) is 11.6 Å². The maximum Gasteiger partial charge on any atom is 0.0640 e. The van der Waals surface area contributed by atoms with Crippen LogP contribution >= 0.6 is 23.2 Å². The van der Waals surface area contributed by atoms with Gasteiger partial charge in [-0.15, -0.1) is 0 Å². The third-order valence-electron chi connectivity index (χ3n) is 5.00. The largest absolute Gasteiger partial charge is 0.311 e. The fraction of sp³-hybridized carbons (Fsp3) is 0.647. The molecule has 1 N–H and O–H groups in total. The average Bonchev–Trinajstić information content (AvgIpc) is 2.52. The third kappa shape index (κ3) is 3.39. The Bertz CT molecular complexity index is 472. The highest BCUT2D eigenvalue weighted by Crippen LogP contribution is 2.40.